The Labute approximate surface area is 140 Å². The molecule has 1 aromatic carbocycles. The zero-order valence-corrected chi connectivity index (χ0v) is 13.2. The topological polar surface area (TPSA) is 61.6 Å². The normalized spacial score (nSPS) is 15.9. The lowest BCUT2D eigenvalue weighted by molar-refractivity contribution is -0.137. The molecule has 1 fully saturated rings. The summed E-state index contributed by atoms with van der Waals surface area (Å²) in [6, 6.07) is 4.84. The van der Waals surface area contributed by atoms with Crippen LogP contribution in [0.25, 0.3) is 0 Å². The Balaban J connectivity index is 0.00000264. The van der Waals surface area contributed by atoms with Crippen LogP contribution in [0.2, 0.25) is 0 Å². The highest BCUT2D eigenvalue weighted by atomic mass is 35.5. The molecule has 130 valence electrons. The summed E-state index contributed by atoms with van der Waals surface area (Å²) in [6.07, 6.45) is -4.32. The van der Waals surface area contributed by atoms with E-state index in [9.17, 15) is 18.0 Å². The monoisotopic (exact) mass is 352 g/mol. The van der Waals surface area contributed by atoms with Crippen LogP contribution in [0.4, 0.5) is 23.7 Å². The maximum absolute atomic E-state index is 12.7. The Bertz CT molecular complexity index is 525. The number of primary amides is 1. The van der Waals surface area contributed by atoms with Crippen LogP contribution >= 0.6 is 0 Å². The van der Waals surface area contributed by atoms with Gasteiger partial charge in [-0.15, -0.1) is 0 Å². The number of piperazine rings is 1. The average molecular weight is 353 g/mol. The Hall–Kier alpha value is -1.67. The standard InChI is InChI=1S/C14H19F3N4O.ClH/c15-14(16,17)11-2-1-3-12(10-11)21-8-6-20(7-9-21)5-4-19-13(18)22;/h1-3,10H,4-9H2,(H3,18,19,22);1H. The molecule has 0 atom stereocenters. The number of hydrogen-bond acceptors (Lipinski definition) is 3. The van der Waals surface area contributed by atoms with Gasteiger partial charge in [0.05, 0.1) is 5.56 Å². The van der Waals surface area contributed by atoms with Crippen LogP contribution in [0.3, 0.4) is 0 Å². The van der Waals surface area contributed by atoms with Gasteiger partial charge in [0, 0.05) is 45.0 Å². The van der Waals surface area contributed by atoms with Gasteiger partial charge in [0.15, 0.2) is 0 Å². The number of hydrogen-bond donors (Lipinski definition) is 2. The Morgan fingerprint density at radius 2 is 1.91 bits per heavy atom. The number of nitrogens with two attached hydrogens (primary N) is 1. The largest absolute Gasteiger partial charge is 1.00 e. The number of amides is 2. The zero-order valence-electron chi connectivity index (χ0n) is 13.4. The minimum Gasteiger partial charge on any atom is -1.00 e. The van der Waals surface area contributed by atoms with Gasteiger partial charge in [0.2, 0.25) is 0 Å². The summed E-state index contributed by atoms with van der Waals surface area (Å²) in [7, 11) is 0. The van der Waals surface area contributed by atoms with E-state index in [-0.39, 0.29) is 13.8 Å². The first-order valence-electron chi connectivity index (χ1n) is 7.04. The molecule has 2 rings (SSSR count). The predicted molar refractivity (Wildman–Crippen MR) is 78.8 cm³/mol. The second-order valence-electron chi connectivity index (χ2n) is 5.17. The summed E-state index contributed by atoms with van der Waals surface area (Å²) in [6.45, 7) is 3.92. The summed E-state index contributed by atoms with van der Waals surface area (Å²) >= 11 is 0. The van der Waals surface area contributed by atoms with E-state index in [4.69, 9.17) is 5.73 Å². The SMILES string of the molecule is NC(=O)NCCN1CCN(c2cccc(C(F)(F)F)c2)CC1.[Cl-].[H+]. The van der Waals surface area contributed by atoms with E-state index in [0.717, 1.165) is 19.2 Å². The third kappa shape index (κ3) is 5.80. The van der Waals surface area contributed by atoms with Crippen LogP contribution in [-0.2, 0) is 6.18 Å². The molecule has 9 heteroatoms. The Kier molecular flexibility index (Phi) is 6.96. The van der Waals surface area contributed by atoms with Crippen LogP contribution in [-0.4, -0.2) is 50.2 Å². The van der Waals surface area contributed by atoms with Crippen molar-refractivity contribution in [1.82, 2.24) is 10.2 Å². The highest BCUT2D eigenvalue weighted by molar-refractivity contribution is 5.71. The first-order valence-corrected chi connectivity index (χ1v) is 7.04. The molecular formula is C14H20ClF3N4O. The molecule has 0 saturated carbocycles. The molecule has 0 aliphatic carbocycles. The molecule has 1 saturated heterocycles. The van der Waals surface area contributed by atoms with E-state index >= 15 is 0 Å². The van der Waals surface area contributed by atoms with E-state index in [1.807, 2.05) is 4.90 Å². The van der Waals surface area contributed by atoms with Crippen LogP contribution in [0, 0.1) is 0 Å². The quantitative estimate of drug-likeness (QED) is 0.701. The molecule has 1 aliphatic rings. The molecule has 5 nitrogen and oxygen atoms in total. The van der Waals surface area contributed by atoms with Crippen LogP contribution in [0.5, 0.6) is 0 Å². The molecule has 1 aliphatic heterocycles. The molecule has 0 unspecified atom stereocenters. The van der Waals surface area contributed by atoms with Gasteiger partial charge >= 0.3 is 13.6 Å². The summed E-state index contributed by atoms with van der Waals surface area (Å²) in [4.78, 5) is 14.7. The lowest BCUT2D eigenvalue weighted by Gasteiger charge is -2.36. The number of alkyl halides is 3. The smallest absolute Gasteiger partial charge is 1.00 e. The van der Waals surface area contributed by atoms with E-state index in [1.54, 1.807) is 6.07 Å². The maximum atomic E-state index is 12.7. The second-order valence-corrected chi connectivity index (χ2v) is 5.17. The van der Waals surface area contributed by atoms with Crippen molar-refractivity contribution < 1.29 is 31.8 Å². The van der Waals surface area contributed by atoms with Crippen LogP contribution < -0.4 is 28.4 Å². The molecule has 0 aromatic heterocycles. The molecule has 1 aromatic rings. The summed E-state index contributed by atoms with van der Waals surface area (Å²) in [5.41, 5.74) is 4.95. The number of benzene rings is 1. The van der Waals surface area contributed by atoms with Crippen molar-refractivity contribution in [2.24, 2.45) is 5.73 Å². The van der Waals surface area contributed by atoms with Gasteiger partial charge in [-0.3, -0.25) is 4.90 Å². The fourth-order valence-corrected chi connectivity index (χ4v) is 2.45. The number of halogens is 4. The van der Waals surface area contributed by atoms with Gasteiger partial charge in [-0.1, -0.05) is 6.07 Å². The van der Waals surface area contributed by atoms with Crippen molar-refractivity contribution in [2.45, 2.75) is 6.18 Å². The first kappa shape index (κ1) is 19.4. The minimum absolute atomic E-state index is 0. The number of nitrogens with zero attached hydrogens (tertiary/aromatic N) is 2. The summed E-state index contributed by atoms with van der Waals surface area (Å²) in [5.74, 6) is 0. The Morgan fingerprint density at radius 1 is 1.26 bits per heavy atom. The molecule has 3 N–H and O–H groups in total. The highest BCUT2D eigenvalue weighted by Crippen LogP contribution is 2.31. The van der Waals surface area contributed by atoms with Crippen molar-refractivity contribution in [1.29, 1.82) is 0 Å². The third-order valence-corrected chi connectivity index (χ3v) is 3.64. The average Bonchev–Trinajstić information content (AvgIpc) is 2.47. The van der Waals surface area contributed by atoms with Gasteiger partial charge in [-0.25, -0.2) is 4.79 Å². The zero-order chi connectivity index (χ0) is 16.2. The predicted octanol–water partition coefficient (Wildman–Crippen LogP) is -1.39. The number of urea groups is 1. The highest BCUT2D eigenvalue weighted by Gasteiger charge is 2.31. The number of carbonyl (C=O) groups is 1. The molecule has 1 heterocycles. The van der Waals surface area contributed by atoms with Gasteiger partial charge in [0.25, 0.3) is 0 Å². The van der Waals surface area contributed by atoms with Crippen molar-refractivity contribution in [2.75, 3.05) is 44.2 Å². The van der Waals surface area contributed by atoms with Crippen molar-refractivity contribution in [3.05, 3.63) is 29.8 Å². The fourth-order valence-electron chi connectivity index (χ4n) is 2.45. The molecule has 0 bridgehead atoms. The minimum atomic E-state index is -4.32. The lowest BCUT2D eigenvalue weighted by atomic mass is 10.1. The molecule has 23 heavy (non-hydrogen) atoms. The summed E-state index contributed by atoms with van der Waals surface area (Å²) in [5, 5.41) is 2.52. The van der Waals surface area contributed by atoms with E-state index < -0.39 is 17.8 Å². The van der Waals surface area contributed by atoms with E-state index in [2.05, 4.69) is 10.2 Å². The van der Waals surface area contributed by atoms with Crippen LogP contribution in [0.1, 0.15) is 6.99 Å². The van der Waals surface area contributed by atoms with Gasteiger partial charge in [-0.2, -0.15) is 13.2 Å². The fraction of sp³-hybridized carbons (Fsp3) is 0.500. The van der Waals surface area contributed by atoms with Gasteiger partial charge < -0.3 is 28.4 Å². The van der Waals surface area contributed by atoms with E-state index in [1.165, 1.54) is 12.1 Å². The van der Waals surface area contributed by atoms with Crippen molar-refractivity contribution in [3.8, 4) is 0 Å². The van der Waals surface area contributed by atoms with Crippen molar-refractivity contribution in [3.63, 3.8) is 0 Å². The maximum Gasteiger partial charge on any atom is 1.00 e. The van der Waals surface area contributed by atoms with Gasteiger partial charge in [-0.05, 0) is 18.2 Å². The number of anilines is 1. The summed E-state index contributed by atoms with van der Waals surface area (Å²) < 4.78 is 38.2. The van der Waals surface area contributed by atoms with Crippen LogP contribution in [0.15, 0.2) is 24.3 Å². The third-order valence-electron chi connectivity index (χ3n) is 3.64. The lowest BCUT2D eigenvalue weighted by Crippen LogP contribution is -3.00. The molecular weight excluding hydrogens is 333 g/mol. The number of carbonyl (C=O) groups excluding carboxylic acids is 1. The number of nitrogens with one attached hydrogen (secondary N) is 1. The molecule has 0 radical (unpaired) electrons. The Morgan fingerprint density at radius 3 is 2.48 bits per heavy atom. The van der Waals surface area contributed by atoms with Gasteiger partial charge in [0.1, 0.15) is 0 Å². The number of rotatable bonds is 4. The molecule has 0 spiro atoms. The van der Waals surface area contributed by atoms with Crippen molar-refractivity contribution >= 4 is 11.7 Å². The molecule has 2 amide bonds. The second kappa shape index (κ2) is 8.26. The first-order chi connectivity index (χ1) is 10.4. The van der Waals surface area contributed by atoms with E-state index in [0.29, 0.717) is 31.9 Å².